The number of fused-ring (bicyclic) bond motifs is 3. The third-order valence-electron chi connectivity index (χ3n) is 6.19. The zero-order valence-corrected chi connectivity index (χ0v) is 19.5. The van der Waals surface area contributed by atoms with Gasteiger partial charge in [0.05, 0.1) is 11.3 Å². The molecule has 0 bridgehead atoms. The Morgan fingerprint density at radius 2 is 2.00 bits per heavy atom. The van der Waals surface area contributed by atoms with Crippen molar-refractivity contribution in [2.24, 2.45) is 0 Å². The lowest BCUT2D eigenvalue weighted by Crippen LogP contribution is -2.39. The summed E-state index contributed by atoms with van der Waals surface area (Å²) in [5, 5.41) is 22.0. The second kappa shape index (κ2) is 9.34. The first-order valence-corrected chi connectivity index (χ1v) is 11.7. The molecule has 6 rings (SSSR count). The summed E-state index contributed by atoms with van der Waals surface area (Å²) in [6.45, 7) is 0.467. The summed E-state index contributed by atoms with van der Waals surface area (Å²) in [5.41, 5.74) is 2.26. The quantitative estimate of drug-likeness (QED) is 0.352. The summed E-state index contributed by atoms with van der Waals surface area (Å²) in [6, 6.07) is 13.2. The topological polar surface area (TPSA) is 130 Å². The number of hydrogen-bond acceptors (Lipinski definition) is 9. The van der Waals surface area contributed by atoms with Crippen LogP contribution in [0.5, 0.6) is 5.88 Å². The Kier molecular flexibility index (Phi) is 5.74. The first-order valence-electron chi connectivity index (χ1n) is 11.7. The molecule has 0 unspecified atom stereocenters. The summed E-state index contributed by atoms with van der Waals surface area (Å²) in [7, 11) is 1.58. The fraction of sp³-hybridized carbons (Fsp3) is 0.280. The number of carbonyl (C=O) groups excluding carboxylic acids is 1. The van der Waals surface area contributed by atoms with E-state index in [0.29, 0.717) is 46.7 Å². The van der Waals surface area contributed by atoms with E-state index in [0.717, 1.165) is 30.0 Å². The number of ether oxygens (including phenoxy) is 2. The molecule has 1 aliphatic rings. The van der Waals surface area contributed by atoms with Gasteiger partial charge in [-0.25, -0.2) is 0 Å². The van der Waals surface area contributed by atoms with Gasteiger partial charge in [0.25, 0.3) is 5.91 Å². The molecule has 5 aromatic rings. The number of nitrogens with one attached hydrogen (secondary N) is 1. The van der Waals surface area contributed by atoms with E-state index in [1.165, 1.54) is 0 Å². The number of pyridine rings is 1. The minimum atomic E-state index is -0.0977. The van der Waals surface area contributed by atoms with E-state index >= 15 is 0 Å². The lowest BCUT2D eigenvalue weighted by molar-refractivity contribution is 0.0916. The zero-order valence-electron chi connectivity index (χ0n) is 19.5. The highest BCUT2D eigenvalue weighted by Gasteiger charge is 2.21. The van der Waals surface area contributed by atoms with Crippen molar-refractivity contribution in [3.05, 3.63) is 65.7 Å². The van der Waals surface area contributed by atoms with Crippen molar-refractivity contribution in [3.8, 4) is 17.4 Å². The van der Waals surface area contributed by atoms with Crippen molar-refractivity contribution in [3.63, 3.8) is 0 Å². The molecule has 11 nitrogen and oxygen atoms in total. The third-order valence-corrected chi connectivity index (χ3v) is 6.19. The third kappa shape index (κ3) is 4.13. The highest BCUT2D eigenvalue weighted by atomic mass is 16.5. The molecule has 0 saturated heterocycles. The summed E-state index contributed by atoms with van der Waals surface area (Å²) in [5.74, 6) is 1.29. The predicted molar refractivity (Wildman–Crippen MR) is 128 cm³/mol. The molecule has 182 valence electrons. The highest BCUT2D eigenvalue weighted by Crippen LogP contribution is 2.29. The van der Waals surface area contributed by atoms with Crippen LogP contribution < -0.4 is 10.1 Å². The highest BCUT2D eigenvalue weighted by molar-refractivity contribution is 5.97. The minimum absolute atomic E-state index is 0.0977. The largest absolute Gasteiger partial charge is 0.470 e. The van der Waals surface area contributed by atoms with Crippen molar-refractivity contribution in [2.45, 2.75) is 38.5 Å². The van der Waals surface area contributed by atoms with E-state index in [4.69, 9.17) is 14.0 Å². The van der Waals surface area contributed by atoms with Gasteiger partial charge in [-0.05, 0) is 37.5 Å². The number of carbonyl (C=O) groups is 1. The van der Waals surface area contributed by atoms with Crippen LogP contribution in [0, 0.1) is 0 Å². The number of aromatic nitrogens is 6. The van der Waals surface area contributed by atoms with E-state index in [1.807, 2.05) is 24.3 Å². The fourth-order valence-corrected chi connectivity index (χ4v) is 4.05. The normalized spacial score (nSPS) is 13.7. The second-order valence-electron chi connectivity index (χ2n) is 8.65. The molecule has 36 heavy (non-hydrogen) atoms. The van der Waals surface area contributed by atoms with Crippen LogP contribution >= 0.6 is 0 Å². The number of rotatable bonds is 8. The standard InChI is InChI=1S/C25H23N7O4/c1-34-14-18-11-21(31-36-18)23-29-28-22-19-7-2-3-8-20(19)25(30-32(22)23)35-13-17-10-9-15(12-26-17)24(33)27-16-5-4-6-16/h2-3,7-12,16H,4-6,13-14H2,1H3,(H,27,33). The van der Waals surface area contributed by atoms with Crippen molar-refractivity contribution < 1.29 is 18.8 Å². The maximum absolute atomic E-state index is 12.3. The molecule has 1 saturated carbocycles. The van der Waals surface area contributed by atoms with Gasteiger partial charge >= 0.3 is 0 Å². The van der Waals surface area contributed by atoms with Gasteiger partial charge in [-0.1, -0.05) is 23.4 Å². The van der Waals surface area contributed by atoms with Crippen LogP contribution in [0.4, 0.5) is 0 Å². The maximum Gasteiger partial charge on any atom is 0.253 e. The molecule has 1 fully saturated rings. The first-order chi connectivity index (χ1) is 17.7. The Morgan fingerprint density at radius 1 is 1.14 bits per heavy atom. The van der Waals surface area contributed by atoms with Crippen LogP contribution in [0.25, 0.3) is 27.9 Å². The Labute approximate surface area is 205 Å². The lowest BCUT2D eigenvalue weighted by Gasteiger charge is -2.26. The summed E-state index contributed by atoms with van der Waals surface area (Å²) < 4.78 is 18.1. The summed E-state index contributed by atoms with van der Waals surface area (Å²) in [6.07, 6.45) is 4.81. The Morgan fingerprint density at radius 3 is 2.75 bits per heavy atom. The molecular formula is C25H23N7O4. The SMILES string of the molecule is COCc1cc(-c2nnc3c4ccccc4c(OCc4ccc(C(=O)NC5CCC5)cn4)nn23)no1. The molecule has 0 atom stereocenters. The van der Waals surface area contributed by atoms with Gasteiger partial charge in [0.1, 0.15) is 13.2 Å². The molecule has 0 spiro atoms. The van der Waals surface area contributed by atoms with Gasteiger partial charge in [0, 0.05) is 36.2 Å². The molecule has 4 heterocycles. The van der Waals surface area contributed by atoms with Gasteiger partial charge in [0.2, 0.25) is 11.7 Å². The Balaban J connectivity index is 1.27. The van der Waals surface area contributed by atoms with Crippen LogP contribution in [0.3, 0.4) is 0 Å². The number of amides is 1. The number of nitrogens with zero attached hydrogens (tertiary/aromatic N) is 6. The van der Waals surface area contributed by atoms with Gasteiger partial charge < -0.3 is 19.3 Å². The molecule has 0 aliphatic heterocycles. The first kappa shape index (κ1) is 22.1. The van der Waals surface area contributed by atoms with Crippen LogP contribution in [-0.4, -0.2) is 49.0 Å². The van der Waals surface area contributed by atoms with Crippen LogP contribution in [0.2, 0.25) is 0 Å². The summed E-state index contributed by atoms with van der Waals surface area (Å²) in [4.78, 5) is 16.7. The van der Waals surface area contributed by atoms with E-state index < -0.39 is 0 Å². The monoisotopic (exact) mass is 485 g/mol. The van der Waals surface area contributed by atoms with Crippen LogP contribution in [0.15, 0.2) is 53.2 Å². The van der Waals surface area contributed by atoms with E-state index in [1.54, 1.807) is 36.0 Å². The fourth-order valence-electron chi connectivity index (χ4n) is 4.05. The van der Waals surface area contributed by atoms with Crippen molar-refractivity contribution in [1.82, 2.24) is 35.3 Å². The van der Waals surface area contributed by atoms with E-state index in [2.05, 4.69) is 30.8 Å². The minimum Gasteiger partial charge on any atom is -0.470 e. The molecule has 1 aliphatic carbocycles. The molecular weight excluding hydrogens is 462 g/mol. The van der Waals surface area contributed by atoms with Gasteiger partial charge in [-0.15, -0.1) is 15.3 Å². The Bertz CT molecular complexity index is 1540. The average molecular weight is 486 g/mol. The number of hydrogen-bond donors (Lipinski definition) is 1. The number of methoxy groups -OCH3 is 1. The maximum atomic E-state index is 12.3. The van der Waals surface area contributed by atoms with E-state index in [-0.39, 0.29) is 18.6 Å². The Hall–Kier alpha value is -4.38. The predicted octanol–water partition coefficient (Wildman–Crippen LogP) is 3.34. The number of benzene rings is 1. The molecule has 1 aromatic carbocycles. The second-order valence-corrected chi connectivity index (χ2v) is 8.65. The van der Waals surface area contributed by atoms with Crippen molar-refractivity contribution >= 4 is 22.3 Å². The molecule has 4 aromatic heterocycles. The average Bonchev–Trinajstić information content (AvgIpc) is 3.52. The van der Waals surface area contributed by atoms with Gasteiger partial charge in [-0.2, -0.15) is 4.52 Å². The van der Waals surface area contributed by atoms with Gasteiger partial charge in [0.15, 0.2) is 17.1 Å². The molecule has 11 heteroatoms. The van der Waals surface area contributed by atoms with Crippen LogP contribution in [-0.2, 0) is 18.0 Å². The molecule has 1 amide bonds. The lowest BCUT2D eigenvalue weighted by atomic mass is 9.93. The van der Waals surface area contributed by atoms with E-state index in [9.17, 15) is 4.79 Å². The smallest absolute Gasteiger partial charge is 0.253 e. The zero-order chi connectivity index (χ0) is 24.5. The van der Waals surface area contributed by atoms with Crippen LogP contribution in [0.1, 0.15) is 41.1 Å². The molecule has 0 radical (unpaired) electrons. The van der Waals surface area contributed by atoms with Crippen molar-refractivity contribution in [2.75, 3.05) is 7.11 Å². The van der Waals surface area contributed by atoms with Crippen molar-refractivity contribution in [1.29, 1.82) is 0 Å². The van der Waals surface area contributed by atoms with Gasteiger partial charge in [-0.3, -0.25) is 9.78 Å². The summed E-state index contributed by atoms with van der Waals surface area (Å²) >= 11 is 0. The molecule has 1 N–H and O–H groups in total.